The van der Waals surface area contributed by atoms with Crippen LogP contribution in [0.1, 0.15) is 12.0 Å². The molecule has 3 rings (SSSR count). The third-order valence-electron chi connectivity index (χ3n) is 4.08. The first-order valence-electron chi connectivity index (χ1n) is 8.37. The lowest BCUT2D eigenvalue weighted by molar-refractivity contribution is -0.120. The fraction of sp³-hybridized carbons (Fsp3) is 0.588. The van der Waals surface area contributed by atoms with Crippen molar-refractivity contribution in [2.45, 2.75) is 12.8 Å². The maximum absolute atomic E-state index is 12.1. The first-order chi connectivity index (χ1) is 11.7. The predicted octanol–water partition coefficient (Wildman–Crippen LogP) is 1.49. The molecular formula is C17H23ClN2O4. The molecule has 24 heavy (non-hydrogen) atoms. The highest BCUT2D eigenvalue weighted by Gasteiger charge is 2.17. The average Bonchev–Trinajstić information content (AvgIpc) is 2.81. The molecule has 6 nitrogen and oxygen atoms in total. The number of halogens is 1. The molecule has 2 aliphatic rings. The van der Waals surface area contributed by atoms with Gasteiger partial charge in [0, 0.05) is 32.6 Å². The van der Waals surface area contributed by atoms with Crippen LogP contribution in [-0.4, -0.2) is 63.4 Å². The maximum atomic E-state index is 12.1. The lowest BCUT2D eigenvalue weighted by atomic mass is 10.1. The Bertz CT molecular complexity index is 576. The number of fused-ring (bicyclic) bond motifs is 1. The fourth-order valence-electron chi connectivity index (χ4n) is 2.81. The van der Waals surface area contributed by atoms with Crippen LogP contribution in [-0.2, 0) is 16.0 Å². The monoisotopic (exact) mass is 354 g/mol. The van der Waals surface area contributed by atoms with Crippen LogP contribution in [0.25, 0.3) is 0 Å². The second-order valence-electron chi connectivity index (χ2n) is 5.94. The second-order valence-corrected chi connectivity index (χ2v) is 6.34. The number of nitrogens with zero attached hydrogens (tertiary/aromatic N) is 1. The highest BCUT2D eigenvalue weighted by atomic mass is 35.5. The van der Waals surface area contributed by atoms with Gasteiger partial charge in [-0.2, -0.15) is 0 Å². The molecule has 1 aromatic carbocycles. The van der Waals surface area contributed by atoms with Crippen molar-refractivity contribution in [1.29, 1.82) is 0 Å². The van der Waals surface area contributed by atoms with Crippen molar-refractivity contribution in [2.24, 2.45) is 0 Å². The second kappa shape index (κ2) is 8.55. The minimum absolute atomic E-state index is 0.0196. The van der Waals surface area contributed by atoms with Crippen molar-refractivity contribution in [3.05, 3.63) is 22.7 Å². The minimum atomic E-state index is -0.0196. The molecule has 1 amide bonds. The van der Waals surface area contributed by atoms with E-state index in [0.717, 1.165) is 44.8 Å². The zero-order valence-corrected chi connectivity index (χ0v) is 14.4. The van der Waals surface area contributed by atoms with E-state index >= 15 is 0 Å². The molecule has 0 saturated carbocycles. The maximum Gasteiger partial charge on any atom is 0.224 e. The minimum Gasteiger partial charge on any atom is -0.489 e. The number of carbonyl (C=O) groups is 1. The summed E-state index contributed by atoms with van der Waals surface area (Å²) >= 11 is 6.25. The number of nitrogens with one attached hydrogen (secondary N) is 1. The Balaban J connectivity index is 1.50. The SMILES string of the molecule is O=C(Cc1cc(Cl)c2c(c1)OCCCO2)NCCN1CCOCC1. The predicted molar refractivity (Wildman–Crippen MR) is 91.0 cm³/mol. The molecule has 1 aromatic rings. The van der Waals surface area contributed by atoms with Crippen molar-refractivity contribution in [3.63, 3.8) is 0 Å². The topological polar surface area (TPSA) is 60.0 Å². The molecule has 2 aliphatic heterocycles. The van der Waals surface area contributed by atoms with Gasteiger partial charge in [-0.25, -0.2) is 0 Å². The summed E-state index contributed by atoms with van der Waals surface area (Å²) in [4.78, 5) is 14.4. The van der Waals surface area contributed by atoms with E-state index in [1.54, 1.807) is 6.07 Å². The van der Waals surface area contributed by atoms with E-state index in [1.165, 1.54) is 0 Å². The molecule has 0 spiro atoms. The molecule has 0 bridgehead atoms. The zero-order chi connectivity index (χ0) is 16.8. The lowest BCUT2D eigenvalue weighted by Gasteiger charge is -2.26. The Kier molecular flexibility index (Phi) is 6.18. The third kappa shape index (κ3) is 4.75. The van der Waals surface area contributed by atoms with E-state index in [9.17, 15) is 4.79 Å². The van der Waals surface area contributed by atoms with Crippen LogP contribution >= 0.6 is 11.6 Å². The van der Waals surface area contributed by atoms with Gasteiger partial charge in [0.15, 0.2) is 11.5 Å². The number of carbonyl (C=O) groups excluding carboxylic acids is 1. The van der Waals surface area contributed by atoms with Gasteiger partial charge in [-0.15, -0.1) is 0 Å². The summed E-state index contributed by atoms with van der Waals surface area (Å²) in [7, 11) is 0. The van der Waals surface area contributed by atoms with E-state index in [2.05, 4.69) is 10.2 Å². The Hall–Kier alpha value is -1.50. The van der Waals surface area contributed by atoms with Crippen molar-refractivity contribution in [2.75, 3.05) is 52.6 Å². The van der Waals surface area contributed by atoms with Crippen LogP contribution in [0.4, 0.5) is 0 Å². The molecule has 1 saturated heterocycles. The standard InChI is InChI=1S/C17H23ClN2O4/c18-14-10-13(11-15-17(14)24-7-1-6-23-15)12-16(21)19-2-3-20-4-8-22-9-5-20/h10-11H,1-9,12H2,(H,19,21). The molecule has 7 heteroatoms. The van der Waals surface area contributed by atoms with Gasteiger partial charge in [0.25, 0.3) is 0 Å². The van der Waals surface area contributed by atoms with Gasteiger partial charge in [0.05, 0.1) is 37.9 Å². The van der Waals surface area contributed by atoms with E-state index in [0.29, 0.717) is 36.3 Å². The summed E-state index contributed by atoms with van der Waals surface area (Å²) in [6, 6.07) is 3.62. The molecule has 2 heterocycles. The summed E-state index contributed by atoms with van der Waals surface area (Å²) < 4.78 is 16.6. The molecule has 0 aliphatic carbocycles. The normalized spacial score (nSPS) is 18.0. The summed E-state index contributed by atoms with van der Waals surface area (Å²) in [5.41, 5.74) is 0.827. The van der Waals surface area contributed by atoms with Gasteiger partial charge in [-0.1, -0.05) is 11.6 Å². The van der Waals surface area contributed by atoms with E-state index in [-0.39, 0.29) is 12.3 Å². The first kappa shape index (κ1) is 17.3. The highest BCUT2D eigenvalue weighted by molar-refractivity contribution is 6.32. The summed E-state index contributed by atoms with van der Waals surface area (Å²) in [6.07, 6.45) is 1.10. The highest BCUT2D eigenvalue weighted by Crippen LogP contribution is 2.38. The molecule has 0 radical (unpaired) electrons. The van der Waals surface area contributed by atoms with Gasteiger partial charge in [-0.3, -0.25) is 9.69 Å². The van der Waals surface area contributed by atoms with Crippen LogP contribution in [0.15, 0.2) is 12.1 Å². The largest absolute Gasteiger partial charge is 0.489 e. The summed E-state index contributed by atoms with van der Waals surface area (Å²) in [5, 5.41) is 3.44. The van der Waals surface area contributed by atoms with E-state index < -0.39 is 0 Å². The third-order valence-corrected chi connectivity index (χ3v) is 4.36. The average molecular weight is 355 g/mol. The molecule has 1 fully saturated rings. The number of ether oxygens (including phenoxy) is 3. The van der Waals surface area contributed by atoms with Crippen molar-refractivity contribution in [3.8, 4) is 11.5 Å². The Morgan fingerprint density at radius 1 is 1.17 bits per heavy atom. The number of morpholine rings is 1. The number of hydrogen-bond acceptors (Lipinski definition) is 5. The van der Waals surface area contributed by atoms with Gasteiger partial charge >= 0.3 is 0 Å². The Morgan fingerprint density at radius 2 is 1.96 bits per heavy atom. The smallest absolute Gasteiger partial charge is 0.224 e. The van der Waals surface area contributed by atoms with Crippen LogP contribution in [0.5, 0.6) is 11.5 Å². The molecule has 0 aromatic heterocycles. The van der Waals surface area contributed by atoms with Crippen molar-refractivity contribution in [1.82, 2.24) is 10.2 Å². The van der Waals surface area contributed by atoms with Crippen LogP contribution in [0, 0.1) is 0 Å². The molecule has 1 N–H and O–H groups in total. The Labute approximate surface area is 147 Å². The van der Waals surface area contributed by atoms with Gasteiger partial charge in [-0.05, 0) is 17.7 Å². The first-order valence-corrected chi connectivity index (χ1v) is 8.75. The molecule has 0 atom stereocenters. The van der Waals surface area contributed by atoms with E-state index in [4.69, 9.17) is 25.8 Å². The summed E-state index contributed by atoms with van der Waals surface area (Å²) in [6.45, 7) is 6.05. The quantitative estimate of drug-likeness (QED) is 0.868. The van der Waals surface area contributed by atoms with Gasteiger partial charge in [0.2, 0.25) is 5.91 Å². The van der Waals surface area contributed by atoms with Crippen molar-refractivity contribution < 1.29 is 19.0 Å². The number of hydrogen-bond donors (Lipinski definition) is 1. The number of benzene rings is 1. The van der Waals surface area contributed by atoms with Crippen LogP contribution in [0.3, 0.4) is 0 Å². The van der Waals surface area contributed by atoms with Crippen LogP contribution in [0.2, 0.25) is 5.02 Å². The van der Waals surface area contributed by atoms with Gasteiger partial charge < -0.3 is 19.5 Å². The lowest BCUT2D eigenvalue weighted by Crippen LogP contribution is -2.41. The number of rotatable bonds is 5. The van der Waals surface area contributed by atoms with Gasteiger partial charge in [0.1, 0.15) is 0 Å². The van der Waals surface area contributed by atoms with Crippen molar-refractivity contribution >= 4 is 17.5 Å². The fourth-order valence-corrected chi connectivity index (χ4v) is 3.10. The van der Waals surface area contributed by atoms with Crippen LogP contribution < -0.4 is 14.8 Å². The molecule has 132 valence electrons. The van der Waals surface area contributed by atoms with E-state index in [1.807, 2.05) is 6.07 Å². The number of amides is 1. The zero-order valence-electron chi connectivity index (χ0n) is 13.7. The Morgan fingerprint density at radius 3 is 2.79 bits per heavy atom. The molecular weight excluding hydrogens is 332 g/mol. The summed E-state index contributed by atoms with van der Waals surface area (Å²) in [5.74, 6) is 1.18. The molecule has 0 unspecified atom stereocenters.